The Labute approximate surface area is 127 Å². The first-order chi connectivity index (χ1) is 9.61. The average Bonchev–Trinajstić information content (AvgIpc) is 2.43. The van der Waals surface area contributed by atoms with Crippen molar-refractivity contribution < 1.29 is 9.90 Å². The summed E-state index contributed by atoms with van der Waals surface area (Å²) < 4.78 is 0. The number of rotatable bonds is 4. The summed E-state index contributed by atoms with van der Waals surface area (Å²) in [6, 6.07) is 3.69. The van der Waals surface area contributed by atoms with Crippen molar-refractivity contribution >= 4 is 29.3 Å². The number of carbonyl (C=O) groups is 1. The van der Waals surface area contributed by atoms with Gasteiger partial charge in [-0.1, -0.05) is 24.6 Å². The summed E-state index contributed by atoms with van der Waals surface area (Å²) in [7, 11) is 0. The first kappa shape index (κ1) is 15.2. The molecule has 6 heteroatoms. The van der Waals surface area contributed by atoms with Gasteiger partial charge in [-0.15, -0.1) is 11.8 Å². The Morgan fingerprint density at radius 2 is 2.35 bits per heavy atom. The molecule has 2 heterocycles. The number of carboxylic acid groups (broad SMARTS) is 1. The molecule has 0 aliphatic carbocycles. The van der Waals surface area contributed by atoms with E-state index in [2.05, 4.69) is 9.88 Å². The predicted molar refractivity (Wildman–Crippen MR) is 81.7 cm³/mol. The molecule has 1 aromatic heterocycles. The standard InChI is InChI=1S/C14H17ClN2O2S/c1-2-11(14(18)19)13-17(6-3-7-20-13)9-10-4-5-12(15)16-8-10/h4-5,8H,2-3,6-7,9H2,1H3,(H,18,19)/b13-11+. The molecule has 1 saturated heterocycles. The molecule has 0 spiro atoms. The molecule has 0 unspecified atom stereocenters. The van der Waals surface area contributed by atoms with Crippen LogP contribution in [0.5, 0.6) is 0 Å². The van der Waals surface area contributed by atoms with Gasteiger partial charge in [0.1, 0.15) is 5.15 Å². The maximum Gasteiger partial charge on any atom is 0.334 e. The monoisotopic (exact) mass is 312 g/mol. The van der Waals surface area contributed by atoms with Gasteiger partial charge in [-0.2, -0.15) is 0 Å². The number of thioether (sulfide) groups is 1. The van der Waals surface area contributed by atoms with Gasteiger partial charge in [-0.05, 0) is 24.5 Å². The van der Waals surface area contributed by atoms with E-state index in [1.54, 1.807) is 24.0 Å². The normalized spacial score (nSPS) is 18.0. The van der Waals surface area contributed by atoms with Gasteiger partial charge in [0, 0.05) is 25.0 Å². The minimum Gasteiger partial charge on any atom is -0.478 e. The topological polar surface area (TPSA) is 53.4 Å². The van der Waals surface area contributed by atoms with Crippen molar-refractivity contribution in [2.75, 3.05) is 12.3 Å². The van der Waals surface area contributed by atoms with E-state index >= 15 is 0 Å². The van der Waals surface area contributed by atoms with Crippen molar-refractivity contribution in [2.45, 2.75) is 26.3 Å². The number of aliphatic carboxylic acids is 1. The zero-order valence-electron chi connectivity index (χ0n) is 11.3. The highest BCUT2D eigenvalue weighted by Gasteiger charge is 2.22. The first-order valence-electron chi connectivity index (χ1n) is 6.56. The third-order valence-electron chi connectivity index (χ3n) is 3.13. The molecule has 1 fully saturated rings. The highest BCUT2D eigenvalue weighted by molar-refractivity contribution is 8.03. The lowest BCUT2D eigenvalue weighted by Crippen LogP contribution is -2.29. The smallest absolute Gasteiger partial charge is 0.334 e. The molecule has 20 heavy (non-hydrogen) atoms. The van der Waals surface area contributed by atoms with Crippen LogP contribution in [-0.2, 0) is 11.3 Å². The second kappa shape index (κ2) is 6.99. The number of hydrogen-bond donors (Lipinski definition) is 1. The summed E-state index contributed by atoms with van der Waals surface area (Å²) >= 11 is 7.41. The summed E-state index contributed by atoms with van der Waals surface area (Å²) in [5, 5.41) is 10.7. The molecule has 1 N–H and O–H groups in total. The lowest BCUT2D eigenvalue weighted by atomic mass is 10.2. The Hall–Kier alpha value is -1.20. The third-order valence-corrected chi connectivity index (χ3v) is 4.62. The molecular weight excluding hydrogens is 296 g/mol. The van der Waals surface area contributed by atoms with Gasteiger partial charge in [0.05, 0.1) is 10.6 Å². The zero-order valence-corrected chi connectivity index (χ0v) is 12.9. The molecule has 4 nitrogen and oxygen atoms in total. The largest absolute Gasteiger partial charge is 0.478 e. The minimum absolute atomic E-state index is 0.470. The van der Waals surface area contributed by atoms with Gasteiger partial charge in [-0.3, -0.25) is 0 Å². The van der Waals surface area contributed by atoms with Crippen molar-refractivity contribution in [1.29, 1.82) is 0 Å². The van der Waals surface area contributed by atoms with Crippen molar-refractivity contribution in [2.24, 2.45) is 0 Å². The molecular formula is C14H17ClN2O2S. The lowest BCUT2D eigenvalue weighted by Gasteiger charge is -2.32. The fraction of sp³-hybridized carbons (Fsp3) is 0.429. The van der Waals surface area contributed by atoms with E-state index in [1.807, 2.05) is 13.0 Å². The van der Waals surface area contributed by atoms with Crippen LogP contribution in [0.2, 0.25) is 5.15 Å². The fourth-order valence-electron chi connectivity index (χ4n) is 2.16. The molecule has 1 aromatic rings. The molecule has 0 aromatic carbocycles. The predicted octanol–water partition coefficient (Wildman–Crippen LogP) is 3.38. The van der Waals surface area contributed by atoms with Crippen LogP contribution in [-0.4, -0.2) is 33.3 Å². The van der Waals surface area contributed by atoms with Crippen LogP contribution >= 0.6 is 23.4 Å². The van der Waals surface area contributed by atoms with Gasteiger partial charge < -0.3 is 10.0 Å². The Balaban J connectivity index is 2.23. The fourth-order valence-corrected chi connectivity index (χ4v) is 3.48. The van der Waals surface area contributed by atoms with Crippen LogP contribution in [0.25, 0.3) is 0 Å². The third kappa shape index (κ3) is 3.67. The first-order valence-corrected chi connectivity index (χ1v) is 7.92. The number of nitrogens with zero attached hydrogens (tertiary/aromatic N) is 2. The van der Waals surface area contributed by atoms with Crippen LogP contribution < -0.4 is 0 Å². The molecule has 1 aliphatic rings. The van der Waals surface area contributed by atoms with Gasteiger partial charge in [0.15, 0.2) is 0 Å². The highest BCUT2D eigenvalue weighted by atomic mass is 35.5. The second-order valence-electron chi connectivity index (χ2n) is 4.56. The average molecular weight is 313 g/mol. The molecule has 0 bridgehead atoms. The Bertz CT molecular complexity index is 516. The second-order valence-corrected chi connectivity index (χ2v) is 6.03. The van der Waals surface area contributed by atoms with Crippen molar-refractivity contribution in [3.63, 3.8) is 0 Å². The Morgan fingerprint density at radius 3 is 2.95 bits per heavy atom. The molecule has 0 saturated carbocycles. The van der Waals surface area contributed by atoms with Crippen molar-refractivity contribution in [3.05, 3.63) is 39.6 Å². The Morgan fingerprint density at radius 1 is 1.55 bits per heavy atom. The quantitative estimate of drug-likeness (QED) is 0.682. The maximum absolute atomic E-state index is 11.3. The van der Waals surface area contributed by atoms with Gasteiger partial charge in [0.2, 0.25) is 0 Å². The highest BCUT2D eigenvalue weighted by Crippen LogP contribution is 2.32. The molecule has 0 atom stereocenters. The SMILES string of the molecule is CC/C(C(=O)O)=C1\SCCCN1Cc1ccc(Cl)nc1. The molecule has 0 radical (unpaired) electrons. The van der Waals surface area contributed by atoms with Gasteiger partial charge >= 0.3 is 5.97 Å². The van der Waals surface area contributed by atoms with Crippen molar-refractivity contribution in [3.8, 4) is 0 Å². The van der Waals surface area contributed by atoms with E-state index in [4.69, 9.17) is 11.6 Å². The summed E-state index contributed by atoms with van der Waals surface area (Å²) in [5.74, 6) is 0.151. The lowest BCUT2D eigenvalue weighted by molar-refractivity contribution is -0.132. The van der Waals surface area contributed by atoms with E-state index in [9.17, 15) is 9.90 Å². The number of aromatic nitrogens is 1. The molecule has 0 amide bonds. The minimum atomic E-state index is -0.823. The number of halogens is 1. The van der Waals surface area contributed by atoms with Crippen LogP contribution in [0.1, 0.15) is 25.3 Å². The number of hydrogen-bond acceptors (Lipinski definition) is 4. The molecule has 1 aliphatic heterocycles. The number of pyridine rings is 1. The van der Waals surface area contributed by atoms with Crippen LogP contribution in [0.4, 0.5) is 0 Å². The summed E-state index contributed by atoms with van der Waals surface area (Å²) in [4.78, 5) is 17.5. The summed E-state index contributed by atoms with van der Waals surface area (Å²) in [6.45, 7) is 3.43. The van der Waals surface area contributed by atoms with Crippen LogP contribution in [0, 0.1) is 0 Å². The van der Waals surface area contributed by atoms with Crippen LogP contribution in [0.3, 0.4) is 0 Å². The molecule has 108 valence electrons. The van der Waals surface area contributed by atoms with E-state index in [0.29, 0.717) is 23.7 Å². The maximum atomic E-state index is 11.3. The Kier molecular flexibility index (Phi) is 5.31. The zero-order chi connectivity index (χ0) is 14.5. The van der Waals surface area contributed by atoms with Gasteiger partial charge in [-0.25, -0.2) is 9.78 Å². The van der Waals surface area contributed by atoms with E-state index < -0.39 is 5.97 Å². The summed E-state index contributed by atoms with van der Waals surface area (Å²) in [5.41, 5.74) is 1.53. The van der Waals surface area contributed by atoms with E-state index in [-0.39, 0.29) is 0 Å². The van der Waals surface area contributed by atoms with Gasteiger partial charge in [0.25, 0.3) is 0 Å². The van der Waals surface area contributed by atoms with Crippen LogP contribution in [0.15, 0.2) is 28.9 Å². The van der Waals surface area contributed by atoms with Crippen molar-refractivity contribution in [1.82, 2.24) is 9.88 Å². The van der Waals surface area contributed by atoms with E-state index in [1.165, 1.54) is 0 Å². The van der Waals surface area contributed by atoms with E-state index in [0.717, 1.165) is 29.3 Å². The molecule has 2 rings (SSSR count). The summed E-state index contributed by atoms with van der Waals surface area (Å²) in [6.07, 6.45) is 3.34. The number of carboxylic acids is 1.